The first-order valence-corrected chi connectivity index (χ1v) is 13.8. The number of carbonyl (C=O) groups is 2. The predicted molar refractivity (Wildman–Crippen MR) is 164 cm³/mol. The third-order valence-corrected chi connectivity index (χ3v) is 7.12. The Balaban J connectivity index is 1.30. The number of nitrogens with zero attached hydrogens (tertiary/aromatic N) is 3. The fraction of sp³-hybridized carbons (Fsp3) is 0.0882. The molecule has 0 aliphatic rings. The summed E-state index contributed by atoms with van der Waals surface area (Å²) in [6, 6.07) is 28.7. The molecule has 9 nitrogen and oxygen atoms in total. The van der Waals surface area contributed by atoms with Gasteiger partial charge in [-0.2, -0.15) is 0 Å². The van der Waals surface area contributed by atoms with Gasteiger partial charge in [-0.15, -0.1) is 0 Å². The molecule has 0 aliphatic carbocycles. The predicted octanol–water partition coefficient (Wildman–Crippen LogP) is 5.05. The molecular formula is C34H26FN5O4. The molecule has 0 saturated heterocycles. The summed E-state index contributed by atoms with van der Waals surface area (Å²) in [6.45, 7) is -0.490. The summed E-state index contributed by atoms with van der Waals surface area (Å²) in [5, 5.41) is 2.75. The first kappa shape index (κ1) is 28.2. The van der Waals surface area contributed by atoms with Crippen molar-refractivity contribution >= 4 is 28.5 Å². The number of hydrogen-bond acceptors (Lipinski definition) is 7. The first-order chi connectivity index (χ1) is 21.4. The van der Waals surface area contributed by atoms with Gasteiger partial charge in [0.25, 0.3) is 11.4 Å². The number of benzene rings is 4. The summed E-state index contributed by atoms with van der Waals surface area (Å²) in [7, 11) is 0. The van der Waals surface area contributed by atoms with Crippen LogP contribution in [0.1, 0.15) is 16.2 Å². The Morgan fingerprint density at radius 3 is 2.30 bits per heavy atom. The van der Waals surface area contributed by atoms with Crippen LogP contribution in [0.2, 0.25) is 0 Å². The highest BCUT2D eigenvalue weighted by Gasteiger charge is 2.28. The van der Waals surface area contributed by atoms with Crippen LogP contribution < -0.4 is 16.6 Å². The zero-order valence-corrected chi connectivity index (χ0v) is 23.3. The highest BCUT2D eigenvalue weighted by atomic mass is 19.1. The van der Waals surface area contributed by atoms with Gasteiger partial charge in [-0.25, -0.2) is 14.4 Å². The number of Topliss-reactive ketones (excluding diaryl/α,β-unsaturated/α-hetero) is 1. The molecule has 1 amide bonds. The Hall–Kier alpha value is -5.90. The normalized spacial score (nSPS) is 11.8. The van der Waals surface area contributed by atoms with Crippen LogP contribution in [0.5, 0.6) is 0 Å². The van der Waals surface area contributed by atoms with Crippen molar-refractivity contribution in [3.05, 3.63) is 137 Å². The number of hydrogen-bond donors (Lipinski definition) is 2. The molecule has 0 spiro atoms. The Morgan fingerprint density at radius 2 is 1.57 bits per heavy atom. The van der Waals surface area contributed by atoms with Crippen LogP contribution in [0.25, 0.3) is 33.6 Å². The summed E-state index contributed by atoms with van der Waals surface area (Å²) < 4.78 is 20.5. The summed E-state index contributed by atoms with van der Waals surface area (Å²) >= 11 is 0. The second kappa shape index (κ2) is 12.1. The van der Waals surface area contributed by atoms with Crippen LogP contribution in [-0.4, -0.2) is 32.3 Å². The Bertz CT molecular complexity index is 2020. The summed E-state index contributed by atoms with van der Waals surface area (Å²) in [5.41, 5.74) is 9.05. The number of anilines is 1. The molecule has 218 valence electrons. The van der Waals surface area contributed by atoms with Crippen molar-refractivity contribution in [2.45, 2.75) is 19.0 Å². The molecule has 2 heterocycles. The van der Waals surface area contributed by atoms with E-state index < -0.39 is 35.7 Å². The summed E-state index contributed by atoms with van der Waals surface area (Å²) in [5.74, 6) is -1.66. The van der Waals surface area contributed by atoms with E-state index in [-0.39, 0.29) is 23.8 Å². The number of rotatable bonds is 9. The van der Waals surface area contributed by atoms with E-state index in [1.807, 2.05) is 72.8 Å². The van der Waals surface area contributed by atoms with E-state index in [1.54, 1.807) is 6.07 Å². The molecule has 1 unspecified atom stereocenters. The largest absolute Gasteiger partial charge is 0.434 e. The van der Waals surface area contributed by atoms with Crippen LogP contribution in [0.4, 0.5) is 10.1 Å². The lowest BCUT2D eigenvalue weighted by atomic mass is 10.0. The number of oxazole rings is 1. The van der Waals surface area contributed by atoms with Crippen molar-refractivity contribution in [1.29, 1.82) is 0 Å². The molecule has 0 bridgehead atoms. The molecule has 6 aromatic rings. The van der Waals surface area contributed by atoms with E-state index in [0.29, 0.717) is 16.7 Å². The molecule has 4 aromatic carbocycles. The zero-order chi connectivity index (χ0) is 30.6. The molecule has 0 saturated carbocycles. The van der Waals surface area contributed by atoms with Gasteiger partial charge in [0.2, 0.25) is 11.7 Å². The van der Waals surface area contributed by atoms with Gasteiger partial charge in [0.05, 0.1) is 6.20 Å². The monoisotopic (exact) mass is 587 g/mol. The zero-order valence-electron chi connectivity index (χ0n) is 23.3. The van der Waals surface area contributed by atoms with Gasteiger partial charge in [-0.1, -0.05) is 66.7 Å². The highest BCUT2D eigenvalue weighted by Crippen LogP contribution is 2.25. The highest BCUT2D eigenvalue weighted by molar-refractivity contribution is 6.00. The third-order valence-electron chi connectivity index (χ3n) is 7.12. The number of amides is 1. The number of nitrogens with two attached hydrogens (primary N) is 1. The van der Waals surface area contributed by atoms with E-state index in [9.17, 15) is 18.8 Å². The summed E-state index contributed by atoms with van der Waals surface area (Å²) in [4.78, 5) is 48.9. The van der Waals surface area contributed by atoms with Gasteiger partial charge in [0.1, 0.15) is 35.4 Å². The van der Waals surface area contributed by atoms with Crippen molar-refractivity contribution in [1.82, 2.24) is 19.9 Å². The number of carbonyl (C=O) groups excluding carboxylic acids is 2. The van der Waals surface area contributed by atoms with Gasteiger partial charge in [0, 0.05) is 12.0 Å². The fourth-order valence-electron chi connectivity index (χ4n) is 4.92. The number of aromatic nitrogens is 3. The minimum absolute atomic E-state index is 0.124. The minimum Gasteiger partial charge on any atom is -0.434 e. The van der Waals surface area contributed by atoms with E-state index in [2.05, 4.69) is 15.3 Å². The minimum atomic E-state index is -1.06. The molecule has 10 heteroatoms. The number of fused-ring (bicyclic) bond motifs is 1. The van der Waals surface area contributed by atoms with Crippen LogP contribution in [0.15, 0.2) is 119 Å². The van der Waals surface area contributed by atoms with Gasteiger partial charge in [0.15, 0.2) is 5.58 Å². The van der Waals surface area contributed by atoms with Gasteiger partial charge < -0.3 is 15.5 Å². The Kier molecular flexibility index (Phi) is 7.79. The lowest BCUT2D eigenvalue weighted by molar-refractivity contribution is -0.122. The van der Waals surface area contributed by atoms with Crippen LogP contribution in [-0.2, 0) is 17.8 Å². The second-order valence-corrected chi connectivity index (χ2v) is 10.2. The van der Waals surface area contributed by atoms with Crippen LogP contribution >= 0.6 is 0 Å². The molecule has 3 N–H and O–H groups in total. The van der Waals surface area contributed by atoms with Crippen LogP contribution in [0, 0.1) is 5.82 Å². The molecule has 0 aliphatic heterocycles. The molecule has 44 heavy (non-hydrogen) atoms. The number of ketones is 1. The third kappa shape index (κ3) is 6.00. The SMILES string of the molecule is Nc1cnc(-c2ccc(F)cc2)n(CC(=O)NC(Cc2ccccc2)C(=O)c2nc3cc(-c4ccccc4)ccc3o2)c1=O. The lowest BCUT2D eigenvalue weighted by Gasteiger charge is -2.18. The van der Waals surface area contributed by atoms with Gasteiger partial charge >= 0.3 is 0 Å². The fourth-order valence-corrected chi connectivity index (χ4v) is 4.92. The average molecular weight is 588 g/mol. The maximum atomic E-state index is 13.8. The number of halogens is 1. The number of nitrogens with one attached hydrogen (secondary N) is 1. The van der Waals surface area contributed by atoms with E-state index >= 15 is 0 Å². The van der Waals surface area contributed by atoms with E-state index in [4.69, 9.17) is 10.2 Å². The maximum Gasteiger partial charge on any atom is 0.277 e. The first-order valence-electron chi connectivity index (χ1n) is 13.8. The van der Waals surface area contributed by atoms with E-state index in [0.717, 1.165) is 21.3 Å². The molecule has 0 fully saturated rings. The van der Waals surface area contributed by atoms with Crippen molar-refractivity contribution in [3.8, 4) is 22.5 Å². The molecule has 6 rings (SSSR count). The van der Waals surface area contributed by atoms with Crippen LogP contribution in [0.3, 0.4) is 0 Å². The second-order valence-electron chi connectivity index (χ2n) is 10.2. The smallest absolute Gasteiger partial charge is 0.277 e. The quantitative estimate of drug-likeness (QED) is 0.226. The van der Waals surface area contributed by atoms with Gasteiger partial charge in [-0.3, -0.25) is 19.0 Å². The molecule has 0 radical (unpaired) electrons. The Labute approximate surface area is 250 Å². The molecule has 2 aromatic heterocycles. The average Bonchev–Trinajstić information content (AvgIpc) is 3.48. The number of nitrogen functional groups attached to an aromatic ring is 1. The lowest BCUT2D eigenvalue weighted by Crippen LogP contribution is -2.45. The topological polar surface area (TPSA) is 133 Å². The standard InChI is InChI=1S/C34H26FN5O4/c35-25-14-11-23(12-15-25)32-37-19-26(36)34(43)40(32)20-30(41)38-28(17-21-7-3-1-4-8-21)31(42)33-39-27-18-24(13-16-29(27)44-33)22-9-5-2-6-10-22/h1-16,18-19,28H,17,20,36H2,(H,38,41). The van der Waals surface area contributed by atoms with Crippen molar-refractivity contribution < 1.29 is 18.4 Å². The van der Waals surface area contributed by atoms with Crippen molar-refractivity contribution in [2.24, 2.45) is 0 Å². The maximum absolute atomic E-state index is 13.8. The molecular weight excluding hydrogens is 561 g/mol. The van der Waals surface area contributed by atoms with Crippen molar-refractivity contribution in [3.63, 3.8) is 0 Å². The molecule has 1 atom stereocenters. The van der Waals surface area contributed by atoms with E-state index in [1.165, 1.54) is 30.5 Å². The van der Waals surface area contributed by atoms with Crippen molar-refractivity contribution in [2.75, 3.05) is 5.73 Å². The Morgan fingerprint density at radius 1 is 0.886 bits per heavy atom. The summed E-state index contributed by atoms with van der Waals surface area (Å²) in [6.07, 6.45) is 1.34. The van der Waals surface area contributed by atoms with Gasteiger partial charge in [-0.05, 0) is 53.1 Å².